The molecule has 1 aliphatic rings. The molecule has 0 spiro atoms. The predicted octanol–water partition coefficient (Wildman–Crippen LogP) is 1.29. The van der Waals surface area contributed by atoms with E-state index < -0.39 is 7.52 Å². The third-order valence-electron chi connectivity index (χ3n) is 1.52. The van der Waals surface area contributed by atoms with Crippen molar-refractivity contribution in [3.63, 3.8) is 0 Å². The molecule has 0 aliphatic carbocycles. The van der Waals surface area contributed by atoms with E-state index in [-0.39, 0.29) is 0 Å². The Bertz CT molecular complexity index is 275. The summed E-state index contributed by atoms with van der Waals surface area (Å²) in [5.74, 6) is 2.41. The lowest BCUT2D eigenvalue weighted by Crippen LogP contribution is -2.09. The lowest BCUT2D eigenvalue weighted by atomic mass is 10.4. The van der Waals surface area contributed by atoms with Gasteiger partial charge in [-0.15, -0.1) is 6.42 Å². The minimum absolute atomic E-state index is 0.358. The molecule has 0 N–H and O–H groups in total. The van der Waals surface area contributed by atoms with E-state index in [9.17, 15) is 4.57 Å². The van der Waals surface area contributed by atoms with E-state index in [1.54, 1.807) is 18.8 Å². The zero-order valence-corrected chi connectivity index (χ0v) is 7.47. The highest BCUT2D eigenvalue weighted by atomic mass is 31.2. The zero-order valence-electron chi connectivity index (χ0n) is 6.57. The molecule has 0 amide bonds. The molecule has 0 radical (unpaired) electrons. The van der Waals surface area contributed by atoms with Gasteiger partial charge in [0.25, 0.3) is 0 Å². The van der Waals surface area contributed by atoms with Gasteiger partial charge in [-0.2, -0.15) is 0 Å². The van der Waals surface area contributed by atoms with Crippen molar-refractivity contribution < 1.29 is 9.09 Å². The van der Waals surface area contributed by atoms with Gasteiger partial charge in [-0.25, -0.2) is 4.67 Å². The Kier molecular flexibility index (Phi) is 2.08. The molecule has 0 aromatic heterocycles. The number of hydrogen-bond acceptors (Lipinski definition) is 2. The van der Waals surface area contributed by atoms with E-state index in [2.05, 4.69) is 5.92 Å². The van der Waals surface area contributed by atoms with E-state index >= 15 is 0 Å². The van der Waals surface area contributed by atoms with Crippen molar-refractivity contribution in [1.82, 2.24) is 4.67 Å². The molecule has 1 rings (SSSR count). The van der Waals surface area contributed by atoms with Crippen LogP contribution >= 0.6 is 7.52 Å². The van der Waals surface area contributed by atoms with Crippen molar-refractivity contribution in [3.05, 3.63) is 11.8 Å². The summed E-state index contributed by atoms with van der Waals surface area (Å²) in [5.41, 5.74) is 0.669. The average molecular weight is 171 g/mol. The Hall–Kier alpha value is -0.710. The van der Waals surface area contributed by atoms with Gasteiger partial charge in [0.05, 0.1) is 6.16 Å². The molecule has 60 valence electrons. The summed E-state index contributed by atoms with van der Waals surface area (Å²) in [4.78, 5) is 0. The van der Waals surface area contributed by atoms with Crippen molar-refractivity contribution in [2.24, 2.45) is 0 Å². The van der Waals surface area contributed by atoms with Crippen molar-refractivity contribution in [2.75, 3.05) is 20.3 Å². The van der Waals surface area contributed by atoms with Crippen LogP contribution in [0.3, 0.4) is 0 Å². The van der Waals surface area contributed by atoms with Crippen LogP contribution in [0.4, 0.5) is 0 Å². The highest BCUT2D eigenvalue weighted by Gasteiger charge is 2.32. The fraction of sp³-hybridized carbons (Fsp3) is 0.429. The first-order valence-corrected chi connectivity index (χ1v) is 4.96. The summed E-state index contributed by atoms with van der Waals surface area (Å²) in [6, 6.07) is 0. The molecule has 0 saturated carbocycles. The molecule has 1 atom stereocenters. The average Bonchev–Trinajstić information content (AvgIpc) is 2.33. The quantitative estimate of drug-likeness (QED) is 0.439. The Morgan fingerprint density at radius 1 is 1.82 bits per heavy atom. The second-order valence-corrected chi connectivity index (χ2v) is 5.14. The van der Waals surface area contributed by atoms with E-state index in [4.69, 9.17) is 10.9 Å². The van der Waals surface area contributed by atoms with Gasteiger partial charge in [-0.3, -0.25) is 4.57 Å². The molecule has 1 heterocycles. The van der Waals surface area contributed by atoms with Crippen molar-refractivity contribution in [2.45, 2.75) is 0 Å². The lowest BCUT2D eigenvalue weighted by molar-refractivity contribution is 0.395. The van der Waals surface area contributed by atoms with Gasteiger partial charge in [-0.1, -0.05) is 5.92 Å². The van der Waals surface area contributed by atoms with Crippen LogP contribution < -0.4 is 0 Å². The molecule has 0 fully saturated rings. The van der Waals surface area contributed by atoms with Crippen LogP contribution in [0, 0.1) is 12.3 Å². The number of rotatable bonds is 1. The highest BCUT2D eigenvalue weighted by Crippen LogP contribution is 2.54. The Morgan fingerprint density at radius 3 is 2.73 bits per heavy atom. The van der Waals surface area contributed by atoms with Crippen LogP contribution in [0.1, 0.15) is 0 Å². The zero-order chi connectivity index (χ0) is 8.48. The predicted molar refractivity (Wildman–Crippen MR) is 44.2 cm³/mol. The summed E-state index contributed by atoms with van der Waals surface area (Å²) in [6.45, 7) is 0. The van der Waals surface area contributed by atoms with Gasteiger partial charge in [0, 0.05) is 5.57 Å². The van der Waals surface area contributed by atoms with Gasteiger partial charge in [-0.05, 0) is 14.1 Å². The van der Waals surface area contributed by atoms with Gasteiger partial charge in [0.1, 0.15) is 6.26 Å². The standard InChI is InChI=1S/C7H10NO2P/c1-4-7-5-10-11(9,6-7)8(2)3/h1,5H,6H2,2-3H3. The Balaban J connectivity index is 2.75. The first-order valence-electron chi connectivity index (χ1n) is 3.19. The van der Waals surface area contributed by atoms with Crippen LogP contribution in [0.25, 0.3) is 0 Å². The molecule has 0 bridgehead atoms. The molecule has 11 heavy (non-hydrogen) atoms. The van der Waals surface area contributed by atoms with E-state index in [0.717, 1.165) is 0 Å². The second kappa shape index (κ2) is 2.73. The highest BCUT2D eigenvalue weighted by molar-refractivity contribution is 7.57. The minimum atomic E-state index is -2.62. The summed E-state index contributed by atoms with van der Waals surface area (Å²) >= 11 is 0. The molecular weight excluding hydrogens is 161 g/mol. The summed E-state index contributed by atoms with van der Waals surface area (Å²) in [7, 11) is 0.816. The van der Waals surface area contributed by atoms with Crippen LogP contribution in [0.5, 0.6) is 0 Å². The second-order valence-electron chi connectivity index (χ2n) is 2.54. The monoisotopic (exact) mass is 171 g/mol. The van der Waals surface area contributed by atoms with Gasteiger partial charge in [0.15, 0.2) is 0 Å². The number of terminal acetylenes is 1. The van der Waals surface area contributed by atoms with Crippen LogP contribution in [0.2, 0.25) is 0 Å². The number of allylic oxidation sites excluding steroid dienone is 1. The summed E-state index contributed by atoms with van der Waals surface area (Å²) < 4.78 is 18.2. The first kappa shape index (κ1) is 8.39. The summed E-state index contributed by atoms with van der Waals surface area (Å²) in [5, 5.41) is 0. The van der Waals surface area contributed by atoms with Crippen molar-refractivity contribution in [3.8, 4) is 12.3 Å². The largest absolute Gasteiger partial charge is 0.439 e. The van der Waals surface area contributed by atoms with E-state index in [1.807, 2.05) is 0 Å². The van der Waals surface area contributed by atoms with Crippen LogP contribution in [-0.2, 0) is 9.09 Å². The van der Waals surface area contributed by atoms with Gasteiger partial charge in [0.2, 0.25) is 0 Å². The van der Waals surface area contributed by atoms with Crippen molar-refractivity contribution >= 4 is 7.52 Å². The van der Waals surface area contributed by atoms with E-state index in [0.29, 0.717) is 11.7 Å². The van der Waals surface area contributed by atoms with Gasteiger partial charge >= 0.3 is 7.52 Å². The topological polar surface area (TPSA) is 29.5 Å². The number of hydrogen-bond donors (Lipinski definition) is 0. The SMILES string of the molecule is C#CC1=COP(=O)(N(C)C)C1. The molecule has 0 aromatic carbocycles. The third-order valence-corrected chi connectivity index (χ3v) is 3.92. The van der Waals surface area contributed by atoms with Crippen LogP contribution in [-0.4, -0.2) is 24.9 Å². The molecule has 1 unspecified atom stereocenters. The fourth-order valence-corrected chi connectivity index (χ4v) is 2.19. The van der Waals surface area contributed by atoms with Crippen molar-refractivity contribution in [1.29, 1.82) is 0 Å². The smallest absolute Gasteiger partial charge is 0.323 e. The molecule has 3 nitrogen and oxygen atoms in total. The lowest BCUT2D eigenvalue weighted by Gasteiger charge is -2.17. The molecule has 4 heteroatoms. The van der Waals surface area contributed by atoms with Gasteiger partial charge < -0.3 is 4.52 Å². The Labute approximate surface area is 66.5 Å². The maximum Gasteiger partial charge on any atom is 0.323 e. The Morgan fingerprint density at radius 2 is 2.45 bits per heavy atom. The summed E-state index contributed by atoms with van der Waals surface area (Å²) in [6.07, 6.45) is 6.88. The first-order chi connectivity index (χ1) is 5.08. The molecule has 0 aromatic rings. The number of nitrogens with zero attached hydrogens (tertiary/aromatic N) is 1. The van der Waals surface area contributed by atoms with Crippen LogP contribution in [0.15, 0.2) is 11.8 Å². The van der Waals surface area contributed by atoms with E-state index in [1.165, 1.54) is 6.26 Å². The molecule has 0 saturated heterocycles. The minimum Gasteiger partial charge on any atom is -0.439 e. The normalized spacial score (nSPS) is 29.5. The maximum atomic E-state index is 11.6. The molecule has 1 aliphatic heterocycles. The third kappa shape index (κ3) is 1.48. The fourth-order valence-electron chi connectivity index (χ4n) is 0.751. The molecular formula is C7H10NO2P. The maximum absolute atomic E-state index is 11.6.